The van der Waals surface area contributed by atoms with Gasteiger partial charge in [0.1, 0.15) is 6.54 Å². The number of anilines is 1. The van der Waals surface area contributed by atoms with Crippen molar-refractivity contribution in [2.24, 2.45) is 17.6 Å². The van der Waals surface area contributed by atoms with Crippen molar-refractivity contribution in [2.45, 2.75) is 25.8 Å². The van der Waals surface area contributed by atoms with E-state index >= 15 is 0 Å². The fraction of sp³-hybridized carbons (Fsp3) is 0.688. The van der Waals surface area contributed by atoms with Crippen LogP contribution in [0, 0.1) is 11.8 Å². The van der Waals surface area contributed by atoms with Crippen LogP contribution in [0.5, 0.6) is 0 Å². The first kappa shape index (κ1) is 16.9. The molecule has 24 heavy (non-hydrogen) atoms. The van der Waals surface area contributed by atoms with Crippen LogP contribution >= 0.6 is 0 Å². The van der Waals surface area contributed by atoms with E-state index in [2.05, 4.69) is 10.4 Å². The quantitative estimate of drug-likeness (QED) is 0.792. The molecule has 1 aliphatic heterocycles. The highest BCUT2D eigenvalue weighted by molar-refractivity contribution is 5.92. The maximum atomic E-state index is 12.4. The molecule has 3 N–H and O–H groups in total. The van der Waals surface area contributed by atoms with Gasteiger partial charge in [-0.2, -0.15) is 5.10 Å². The van der Waals surface area contributed by atoms with E-state index in [0.717, 1.165) is 19.3 Å². The SMILES string of the molecule is NC[C@H]1CCC[C@H]1C(=O)Nc1cnn(CC(=O)N2CCOCC2)c1. The molecular weight excluding hydrogens is 310 g/mol. The maximum Gasteiger partial charge on any atom is 0.244 e. The first-order chi connectivity index (χ1) is 11.7. The second kappa shape index (κ2) is 7.76. The lowest BCUT2D eigenvalue weighted by Crippen LogP contribution is -2.42. The molecule has 0 spiro atoms. The molecular formula is C16H25N5O3. The molecule has 8 heteroatoms. The molecule has 0 bridgehead atoms. The minimum absolute atomic E-state index is 0.00186. The molecule has 0 unspecified atom stereocenters. The van der Waals surface area contributed by atoms with Crippen LogP contribution < -0.4 is 11.1 Å². The Bertz CT molecular complexity index is 582. The minimum atomic E-state index is -0.0201. The zero-order chi connectivity index (χ0) is 16.9. The first-order valence-electron chi connectivity index (χ1n) is 8.56. The summed E-state index contributed by atoms with van der Waals surface area (Å²) in [7, 11) is 0. The van der Waals surface area contributed by atoms with Gasteiger partial charge >= 0.3 is 0 Å². The Morgan fingerprint density at radius 3 is 2.88 bits per heavy atom. The van der Waals surface area contributed by atoms with E-state index in [9.17, 15) is 9.59 Å². The molecule has 8 nitrogen and oxygen atoms in total. The number of hydrogen-bond donors (Lipinski definition) is 2. The molecule has 2 amide bonds. The monoisotopic (exact) mass is 335 g/mol. The number of carbonyl (C=O) groups is 2. The van der Waals surface area contributed by atoms with E-state index in [1.165, 1.54) is 0 Å². The van der Waals surface area contributed by atoms with E-state index < -0.39 is 0 Å². The van der Waals surface area contributed by atoms with E-state index in [1.54, 1.807) is 22.0 Å². The number of rotatable bonds is 5. The Morgan fingerprint density at radius 2 is 2.12 bits per heavy atom. The lowest BCUT2D eigenvalue weighted by Gasteiger charge is -2.26. The third-order valence-corrected chi connectivity index (χ3v) is 4.86. The summed E-state index contributed by atoms with van der Waals surface area (Å²) in [5, 5.41) is 7.07. The number of amides is 2. The average molecular weight is 335 g/mol. The van der Waals surface area contributed by atoms with Crippen LogP contribution in [0.4, 0.5) is 5.69 Å². The number of hydrogen-bond acceptors (Lipinski definition) is 5. The predicted octanol–water partition coefficient (Wildman–Crippen LogP) is 0.0554. The largest absolute Gasteiger partial charge is 0.378 e. The van der Waals surface area contributed by atoms with Gasteiger partial charge in [-0.15, -0.1) is 0 Å². The molecule has 0 aromatic carbocycles. The van der Waals surface area contributed by atoms with E-state index in [0.29, 0.717) is 38.5 Å². The van der Waals surface area contributed by atoms with Gasteiger partial charge in [-0.1, -0.05) is 6.42 Å². The lowest BCUT2D eigenvalue weighted by molar-refractivity contribution is -0.136. The van der Waals surface area contributed by atoms with Gasteiger partial charge in [-0.05, 0) is 25.3 Å². The Balaban J connectivity index is 1.53. The fourth-order valence-electron chi connectivity index (χ4n) is 3.47. The standard InChI is InChI=1S/C16H25N5O3/c17-8-12-2-1-3-14(12)16(23)19-13-9-18-21(10-13)11-15(22)20-4-6-24-7-5-20/h9-10,12,14H,1-8,11,17H2,(H,19,23)/t12-,14-/m1/s1. The second-order valence-electron chi connectivity index (χ2n) is 6.44. The average Bonchev–Trinajstić information content (AvgIpc) is 3.24. The number of ether oxygens (including phenoxy) is 1. The van der Waals surface area contributed by atoms with E-state index in [4.69, 9.17) is 10.5 Å². The van der Waals surface area contributed by atoms with Gasteiger partial charge in [0.15, 0.2) is 0 Å². The Labute approximate surface area is 141 Å². The normalized spacial score (nSPS) is 24.1. The zero-order valence-corrected chi connectivity index (χ0v) is 13.8. The third kappa shape index (κ3) is 3.93. The molecule has 2 aliphatic rings. The highest BCUT2D eigenvalue weighted by atomic mass is 16.5. The summed E-state index contributed by atoms with van der Waals surface area (Å²) in [5.74, 6) is 0.261. The molecule has 132 valence electrons. The van der Waals surface area contributed by atoms with Crippen molar-refractivity contribution in [2.75, 3.05) is 38.2 Å². The molecule has 3 rings (SSSR count). The van der Waals surface area contributed by atoms with Crippen molar-refractivity contribution in [1.29, 1.82) is 0 Å². The van der Waals surface area contributed by atoms with Crippen LogP contribution in [-0.4, -0.2) is 59.3 Å². The van der Waals surface area contributed by atoms with Crippen LogP contribution in [0.15, 0.2) is 12.4 Å². The molecule has 2 heterocycles. The van der Waals surface area contributed by atoms with Crippen LogP contribution in [0.25, 0.3) is 0 Å². The Morgan fingerprint density at radius 1 is 1.33 bits per heavy atom. The van der Waals surface area contributed by atoms with Crippen LogP contribution in [0.2, 0.25) is 0 Å². The number of nitrogens with two attached hydrogens (primary N) is 1. The molecule has 1 aromatic rings. The number of nitrogens with one attached hydrogen (secondary N) is 1. The number of carbonyl (C=O) groups excluding carboxylic acids is 2. The van der Waals surface area contributed by atoms with Crippen molar-refractivity contribution in [3.8, 4) is 0 Å². The van der Waals surface area contributed by atoms with Gasteiger partial charge in [-0.3, -0.25) is 14.3 Å². The maximum absolute atomic E-state index is 12.4. The van der Waals surface area contributed by atoms with Gasteiger partial charge < -0.3 is 20.7 Å². The van der Waals surface area contributed by atoms with Crippen LogP contribution in [0.3, 0.4) is 0 Å². The molecule has 2 fully saturated rings. The molecule has 2 atom stereocenters. The zero-order valence-electron chi connectivity index (χ0n) is 13.8. The summed E-state index contributed by atoms with van der Waals surface area (Å²) in [4.78, 5) is 26.3. The molecule has 1 aromatic heterocycles. The second-order valence-corrected chi connectivity index (χ2v) is 6.44. The Kier molecular flexibility index (Phi) is 5.47. The number of aromatic nitrogens is 2. The van der Waals surface area contributed by atoms with Gasteiger partial charge in [0.25, 0.3) is 0 Å². The first-order valence-corrected chi connectivity index (χ1v) is 8.56. The van der Waals surface area contributed by atoms with Crippen molar-refractivity contribution in [3.05, 3.63) is 12.4 Å². The highest BCUT2D eigenvalue weighted by Crippen LogP contribution is 2.31. The molecule has 0 radical (unpaired) electrons. The summed E-state index contributed by atoms with van der Waals surface area (Å²) in [6.45, 7) is 3.11. The van der Waals surface area contributed by atoms with Gasteiger partial charge in [0.2, 0.25) is 11.8 Å². The number of nitrogens with zero attached hydrogens (tertiary/aromatic N) is 3. The van der Waals surface area contributed by atoms with E-state index in [-0.39, 0.29) is 30.2 Å². The summed E-state index contributed by atoms with van der Waals surface area (Å²) < 4.78 is 6.80. The minimum Gasteiger partial charge on any atom is -0.378 e. The summed E-state index contributed by atoms with van der Waals surface area (Å²) in [6.07, 6.45) is 6.23. The smallest absolute Gasteiger partial charge is 0.244 e. The van der Waals surface area contributed by atoms with Gasteiger partial charge in [-0.25, -0.2) is 0 Å². The summed E-state index contributed by atoms with van der Waals surface area (Å²) in [5.41, 5.74) is 6.36. The van der Waals surface area contributed by atoms with Crippen LogP contribution in [-0.2, 0) is 20.9 Å². The number of morpholine rings is 1. The molecule has 1 aliphatic carbocycles. The predicted molar refractivity (Wildman–Crippen MR) is 88.1 cm³/mol. The molecule has 1 saturated heterocycles. The van der Waals surface area contributed by atoms with E-state index in [1.807, 2.05) is 0 Å². The topological polar surface area (TPSA) is 102 Å². The lowest BCUT2D eigenvalue weighted by atomic mass is 9.95. The fourth-order valence-corrected chi connectivity index (χ4v) is 3.47. The van der Waals surface area contributed by atoms with Crippen molar-refractivity contribution in [3.63, 3.8) is 0 Å². The van der Waals surface area contributed by atoms with Crippen molar-refractivity contribution < 1.29 is 14.3 Å². The third-order valence-electron chi connectivity index (χ3n) is 4.86. The van der Waals surface area contributed by atoms with Crippen molar-refractivity contribution in [1.82, 2.24) is 14.7 Å². The van der Waals surface area contributed by atoms with Gasteiger partial charge in [0.05, 0.1) is 25.1 Å². The summed E-state index contributed by atoms with van der Waals surface area (Å²) >= 11 is 0. The summed E-state index contributed by atoms with van der Waals surface area (Å²) in [6, 6.07) is 0. The van der Waals surface area contributed by atoms with Crippen molar-refractivity contribution >= 4 is 17.5 Å². The van der Waals surface area contributed by atoms with Crippen LogP contribution in [0.1, 0.15) is 19.3 Å². The van der Waals surface area contributed by atoms with Gasteiger partial charge in [0, 0.05) is 25.2 Å². The molecule has 1 saturated carbocycles. The highest BCUT2D eigenvalue weighted by Gasteiger charge is 2.32. The Hall–Kier alpha value is -1.93.